The lowest BCUT2D eigenvalue weighted by Crippen LogP contribution is -2.27. The molecule has 25 heavy (non-hydrogen) atoms. The molecule has 1 heterocycles. The van der Waals surface area contributed by atoms with Crippen LogP contribution in [0.2, 0.25) is 0 Å². The topological polar surface area (TPSA) is 91.1 Å². The molecule has 0 saturated heterocycles. The number of methoxy groups -OCH3 is 1. The number of nitro benzene ring substituents is 1. The standard InChI is InChI=1S/C17H20N2O6/c1-4-18-9-12(11-25-24-3)16(14(10-18)17(20)23-2)13-7-5-6-8-15(13)19(21)22/h5-10,16H,4,11H2,1-3H3. The van der Waals surface area contributed by atoms with Crippen molar-refractivity contribution in [3.8, 4) is 0 Å². The summed E-state index contributed by atoms with van der Waals surface area (Å²) in [6.07, 6.45) is 3.44. The minimum absolute atomic E-state index is 0.0536. The summed E-state index contributed by atoms with van der Waals surface area (Å²) in [7, 11) is 2.65. The van der Waals surface area contributed by atoms with Crippen LogP contribution in [0.15, 0.2) is 47.8 Å². The summed E-state index contributed by atoms with van der Waals surface area (Å²) in [5, 5.41) is 11.4. The van der Waals surface area contributed by atoms with Crippen LogP contribution in [0.4, 0.5) is 5.69 Å². The molecular formula is C17H20N2O6. The van der Waals surface area contributed by atoms with Crippen molar-refractivity contribution < 1.29 is 24.2 Å². The SMILES string of the molecule is CCN1C=C(COOC)C(c2ccccc2[N+](=O)[O-])C(C(=O)OC)=C1. The molecule has 1 aliphatic heterocycles. The van der Waals surface area contributed by atoms with E-state index in [4.69, 9.17) is 9.62 Å². The van der Waals surface area contributed by atoms with Crippen molar-refractivity contribution in [3.05, 3.63) is 63.5 Å². The third-order valence-electron chi connectivity index (χ3n) is 3.89. The summed E-state index contributed by atoms with van der Waals surface area (Å²) in [6, 6.07) is 6.31. The Morgan fingerprint density at radius 1 is 1.28 bits per heavy atom. The summed E-state index contributed by atoms with van der Waals surface area (Å²) in [5.41, 5.74) is 1.28. The molecule has 1 atom stereocenters. The molecule has 8 heteroatoms. The molecular weight excluding hydrogens is 328 g/mol. The Hall–Kier alpha value is -2.71. The van der Waals surface area contributed by atoms with Gasteiger partial charge in [-0.2, -0.15) is 0 Å². The maximum Gasteiger partial charge on any atom is 0.336 e. The average Bonchev–Trinajstić information content (AvgIpc) is 2.64. The Labute approximate surface area is 145 Å². The minimum Gasteiger partial charge on any atom is -0.466 e. The summed E-state index contributed by atoms with van der Waals surface area (Å²) < 4.78 is 4.88. The molecule has 0 saturated carbocycles. The molecule has 1 aromatic carbocycles. The molecule has 0 aromatic heterocycles. The van der Waals surface area contributed by atoms with Gasteiger partial charge in [0.2, 0.25) is 0 Å². The maximum absolute atomic E-state index is 12.3. The number of esters is 1. The molecule has 1 aliphatic rings. The van der Waals surface area contributed by atoms with Crippen molar-refractivity contribution in [2.75, 3.05) is 27.4 Å². The minimum atomic E-state index is -0.660. The lowest BCUT2D eigenvalue weighted by Gasteiger charge is -2.30. The van der Waals surface area contributed by atoms with Gasteiger partial charge in [0.1, 0.15) is 6.61 Å². The van der Waals surface area contributed by atoms with Crippen molar-refractivity contribution >= 4 is 11.7 Å². The van der Waals surface area contributed by atoms with E-state index in [-0.39, 0.29) is 12.3 Å². The zero-order chi connectivity index (χ0) is 18.4. The van der Waals surface area contributed by atoms with Gasteiger partial charge in [0, 0.05) is 36.5 Å². The highest BCUT2D eigenvalue weighted by Crippen LogP contribution is 2.40. The van der Waals surface area contributed by atoms with E-state index in [1.54, 1.807) is 35.5 Å². The van der Waals surface area contributed by atoms with Crippen molar-refractivity contribution in [2.24, 2.45) is 0 Å². The number of carbonyl (C=O) groups excluding carboxylic acids is 1. The fourth-order valence-electron chi connectivity index (χ4n) is 2.76. The fraction of sp³-hybridized carbons (Fsp3) is 0.353. The molecule has 8 nitrogen and oxygen atoms in total. The molecule has 1 unspecified atom stereocenters. The van der Waals surface area contributed by atoms with Crippen molar-refractivity contribution in [1.29, 1.82) is 0 Å². The first-order valence-electron chi connectivity index (χ1n) is 7.68. The largest absolute Gasteiger partial charge is 0.466 e. The second-order valence-corrected chi connectivity index (χ2v) is 5.29. The quantitative estimate of drug-likeness (QED) is 0.324. The first-order chi connectivity index (χ1) is 12.0. The summed E-state index contributed by atoms with van der Waals surface area (Å²) in [5.74, 6) is -1.21. The normalized spacial score (nSPS) is 16.9. The number of para-hydroxylation sites is 1. The van der Waals surface area contributed by atoms with Crippen LogP contribution in [-0.2, 0) is 19.3 Å². The molecule has 0 fully saturated rings. The van der Waals surface area contributed by atoms with Crippen LogP contribution in [0.5, 0.6) is 0 Å². The van der Waals surface area contributed by atoms with E-state index in [9.17, 15) is 14.9 Å². The smallest absolute Gasteiger partial charge is 0.336 e. The first-order valence-corrected chi connectivity index (χ1v) is 7.68. The zero-order valence-electron chi connectivity index (χ0n) is 14.3. The lowest BCUT2D eigenvalue weighted by molar-refractivity contribution is -0.385. The monoisotopic (exact) mass is 348 g/mol. The van der Waals surface area contributed by atoms with Gasteiger partial charge in [0.15, 0.2) is 0 Å². The number of hydrogen-bond donors (Lipinski definition) is 0. The highest BCUT2D eigenvalue weighted by Gasteiger charge is 2.35. The fourth-order valence-corrected chi connectivity index (χ4v) is 2.76. The first kappa shape index (κ1) is 18.6. The third-order valence-corrected chi connectivity index (χ3v) is 3.89. The van der Waals surface area contributed by atoms with Crippen LogP contribution in [0.3, 0.4) is 0 Å². The summed E-state index contributed by atoms with van der Waals surface area (Å²) in [6.45, 7) is 2.58. The maximum atomic E-state index is 12.3. The van der Waals surface area contributed by atoms with Crippen molar-refractivity contribution in [1.82, 2.24) is 4.90 Å². The van der Waals surface area contributed by atoms with Crippen LogP contribution in [0.1, 0.15) is 18.4 Å². The molecule has 1 aromatic rings. The molecule has 0 aliphatic carbocycles. The van der Waals surface area contributed by atoms with Crippen LogP contribution in [-0.4, -0.2) is 43.2 Å². The highest BCUT2D eigenvalue weighted by atomic mass is 17.2. The van der Waals surface area contributed by atoms with Gasteiger partial charge in [0.05, 0.1) is 24.7 Å². The van der Waals surface area contributed by atoms with E-state index in [1.807, 2.05) is 6.92 Å². The molecule has 0 bridgehead atoms. The van der Waals surface area contributed by atoms with Gasteiger partial charge < -0.3 is 9.64 Å². The van der Waals surface area contributed by atoms with Gasteiger partial charge >= 0.3 is 5.97 Å². The van der Waals surface area contributed by atoms with Crippen molar-refractivity contribution in [2.45, 2.75) is 12.8 Å². The Morgan fingerprint density at radius 3 is 2.60 bits per heavy atom. The van der Waals surface area contributed by atoms with Gasteiger partial charge in [-0.05, 0) is 12.5 Å². The van der Waals surface area contributed by atoms with Crippen LogP contribution in [0, 0.1) is 10.1 Å². The average molecular weight is 348 g/mol. The van der Waals surface area contributed by atoms with Crippen LogP contribution >= 0.6 is 0 Å². The predicted octanol–water partition coefficient (Wildman–Crippen LogP) is 2.53. The molecule has 0 spiro atoms. The highest BCUT2D eigenvalue weighted by molar-refractivity contribution is 5.91. The zero-order valence-corrected chi connectivity index (χ0v) is 14.3. The lowest BCUT2D eigenvalue weighted by atomic mass is 9.83. The van der Waals surface area contributed by atoms with Crippen LogP contribution in [0.25, 0.3) is 0 Å². The van der Waals surface area contributed by atoms with Gasteiger partial charge in [-0.15, -0.1) is 0 Å². The summed E-state index contributed by atoms with van der Waals surface area (Å²) in [4.78, 5) is 34.8. The van der Waals surface area contributed by atoms with Crippen LogP contribution < -0.4 is 0 Å². The van der Waals surface area contributed by atoms with Gasteiger partial charge in [-0.25, -0.2) is 14.6 Å². The molecule has 134 valence electrons. The number of nitro groups is 1. The molecule has 2 rings (SSSR count). The van der Waals surface area contributed by atoms with Gasteiger partial charge in [0.25, 0.3) is 5.69 Å². The number of benzene rings is 1. The van der Waals surface area contributed by atoms with Crippen molar-refractivity contribution in [3.63, 3.8) is 0 Å². The molecule has 0 radical (unpaired) electrons. The van der Waals surface area contributed by atoms with Gasteiger partial charge in [-0.1, -0.05) is 18.2 Å². The second kappa shape index (κ2) is 8.41. The molecule has 0 amide bonds. The Kier molecular flexibility index (Phi) is 6.26. The third kappa shape index (κ3) is 4.04. The van der Waals surface area contributed by atoms with Gasteiger partial charge in [-0.3, -0.25) is 10.1 Å². The number of ether oxygens (including phenoxy) is 1. The Bertz CT molecular complexity index is 713. The number of carbonyl (C=O) groups is 1. The van der Waals surface area contributed by atoms with E-state index >= 15 is 0 Å². The number of hydrogen-bond acceptors (Lipinski definition) is 7. The molecule has 0 N–H and O–H groups in total. The Balaban J connectivity index is 2.60. The van der Waals surface area contributed by atoms with E-state index in [0.29, 0.717) is 23.3 Å². The number of rotatable bonds is 7. The van der Waals surface area contributed by atoms with E-state index in [1.165, 1.54) is 20.3 Å². The van der Waals surface area contributed by atoms with E-state index in [0.717, 1.165) is 0 Å². The summed E-state index contributed by atoms with van der Waals surface area (Å²) >= 11 is 0. The Morgan fingerprint density at radius 2 is 2.00 bits per heavy atom. The van der Waals surface area contributed by atoms with E-state index in [2.05, 4.69) is 4.89 Å². The van der Waals surface area contributed by atoms with E-state index < -0.39 is 16.8 Å². The number of nitrogens with zero attached hydrogens (tertiary/aromatic N) is 2. The predicted molar refractivity (Wildman–Crippen MR) is 89.4 cm³/mol. The second-order valence-electron chi connectivity index (χ2n) is 5.29.